The Morgan fingerprint density at radius 2 is 2.35 bits per heavy atom. The van der Waals surface area contributed by atoms with E-state index in [1.54, 1.807) is 10.7 Å². The lowest BCUT2D eigenvalue weighted by Crippen LogP contribution is -2.47. The summed E-state index contributed by atoms with van der Waals surface area (Å²) < 4.78 is 1.64. The van der Waals surface area contributed by atoms with E-state index >= 15 is 0 Å². The van der Waals surface area contributed by atoms with Gasteiger partial charge in [0.15, 0.2) is 5.65 Å². The molecule has 6 nitrogen and oxygen atoms in total. The predicted molar refractivity (Wildman–Crippen MR) is 75.5 cm³/mol. The molecule has 6 heteroatoms. The molecule has 2 aromatic rings. The highest BCUT2D eigenvalue weighted by Crippen LogP contribution is 2.20. The minimum Gasteiger partial charge on any atom is -0.334 e. The summed E-state index contributed by atoms with van der Waals surface area (Å²) in [7, 11) is 0. The second-order valence-electron chi connectivity index (χ2n) is 5.28. The van der Waals surface area contributed by atoms with Gasteiger partial charge >= 0.3 is 0 Å². The van der Waals surface area contributed by atoms with Gasteiger partial charge in [-0.25, -0.2) is 9.50 Å². The summed E-state index contributed by atoms with van der Waals surface area (Å²) in [6.07, 6.45) is 6.58. The third-order valence-electron chi connectivity index (χ3n) is 3.90. The number of likely N-dealkylation sites (tertiary alicyclic amines) is 1. The monoisotopic (exact) mass is 273 g/mol. The summed E-state index contributed by atoms with van der Waals surface area (Å²) >= 11 is 0. The fourth-order valence-corrected chi connectivity index (χ4v) is 2.78. The van der Waals surface area contributed by atoms with Gasteiger partial charge in [-0.3, -0.25) is 4.79 Å². The van der Waals surface area contributed by atoms with Gasteiger partial charge in [0, 0.05) is 31.0 Å². The minimum absolute atomic E-state index is 0.00625. The first kappa shape index (κ1) is 13.1. The van der Waals surface area contributed by atoms with E-state index in [0.29, 0.717) is 17.8 Å². The van der Waals surface area contributed by atoms with Gasteiger partial charge in [-0.2, -0.15) is 5.10 Å². The van der Waals surface area contributed by atoms with Crippen LogP contribution in [0.25, 0.3) is 5.65 Å². The molecule has 3 rings (SSSR count). The molecule has 3 heterocycles. The molecule has 2 N–H and O–H groups in total. The molecule has 2 aromatic heterocycles. The number of aryl methyl sites for hydroxylation is 1. The SMILES string of the molecule is Cc1ccn2ncc(C(=O)N3CCCCC3CN)c2n1. The Labute approximate surface area is 117 Å². The van der Waals surface area contributed by atoms with Crippen LogP contribution < -0.4 is 5.73 Å². The van der Waals surface area contributed by atoms with E-state index in [1.165, 1.54) is 0 Å². The van der Waals surface area contributed by atoms with E-state index in [0.717, 1.165) is 31.5 Å². The van der Waals surface area contributed by atoms with Gasteiger partial charge in [-0.05, 0) is 32.3 Å². The van der Waals surface area contributed by atoms with Crippen molar-refractivity contribution >= 4 is 11.6 Å². The number of nitrogens with zero attached hydrogens (tertiary/aromatic N) is 4. The van der Waals surface area contributed by atoms with Crippen LogP contribution >= 0.6 is 0 Å². The number of amides is 1. The van der Waals surface area contributed by atoms with Crippen LogP contribution in [-0.4, -0.2) is 44.5 Å². The Balaban J connectivity index is 1.97. The maximum atomic E-state index is 12.7. The smallest absolute Gasteiger partial charge is 0.259 e. The van der Waals surface area contributed by atoms with Gasteiger partial charge in [0.25, 0.3) is 5.91 Å². The summed E-state index contributed by atoms with van der Waals surface area (Å²) in [6, 6.07) is 2.01. The topological polar surface area (TPSA) is 76.5 Å². The van der Waals surface area contributed by atoms with E-state index in [9.17, 15) is 4.79 Å². The van der Waals surface area contributed by atoms with Crippen molar-refractivity contribution in [2.24, 2.45) is 5.73 Å². The first-order valence-electron chi connectivity index (χ1n) is 7.02. The number of carbonyl (C=O) groups is 1. The van der Waals surface area contributed by atoms with Crippen molar-refractivity contribution in [1.82, 2.24) is 19.5 Å². The highest BCUT2D eigenvalue weighted by Gasteiger charge is 2.28. The van der Waals surface area contributed by atoms with E-state index in [2.05, 4.69) is 10.1 Å². The maximum absolute atomic E-state index is 12.7. The molecule has 20 heavy (non-hydrogen) atoms. The van der Waals surface area contributed by atoms with Crippen LogP contribution in [0.3, 0.4) is 0 Å². The normalized spacial score (nSPS) is 19.5. The molecule has 0 aromatic carbocycles. The second-order valence-corrected chi connectivity index (χ2v) is 5.28. The third kappa shape index (κ3) is 2.16. The van der Waals surface area contributed by atoms with Crippen LogP contribution in [0, 0.1) is 6.92 Å². The molecule has 1 fully saturated rings. The molecule has 1 saturated heterocycles. The molecular formula is C14H19N5O. The first-order valence-corrected chi connectivity index (χ1v) is 7.02. The quantitative estimate of drug-likeness (QED) is 0.885. The van der Waals surface area contributed by atoms with Crippen molar-refractivity contribution in [1.29, 1.82) is 0 Å². The van der Waals surface area contributed by atoms with Crippen molar-refractivity contribution in [3.63, 3.8) is 0 Å². The second kappa shape index (κ2) is 5.20. The van der Waals surface area contributed by atoms with Crippen molar-refractivity contribution in [2.45, 2.75) is 32.2 Å². The summed E-state index contributed by atoms with van der Waals surface area (Å²) in [5.41, 5.74) is 7.85. The average Bonchev–Trinajstić information content (AvgIpc) is 2.89. The lowest BCUT2D eigenvalue weighted by Gasteiger charge is -2.34. The van der Waals surface area contributed by atoms with Crippen LogP contribution in [0.5, 0.6) is 0 Å². The molecule has 0 radical (unpaired) electrons. The Kier molecular flexibility index (Phi) is 3.40. The molecule has 106 valence electrons. The lowest BCUT2D eigenvalue weighted by atomic mass is 10.0. The number of aromatic nitrogens is 3. The Hall–Kier alpha value is -1.95. The maximum Gasteiger partial charge on any atom is 0.259 e. The summed E-state index contributed by atoms with van der Waals surface area (Å²) in [5, 5.41) is 4.20. The number of nitrogens with two attached hydrogens (primary N) is 1. The fourth-order valence-electron chi connectivity index (χ4n) is 2.78. The first-order chi connectivity index (χ1) is 9.70. The number of carbonyl (C=O) groups excluding carboxylic acids is 1. The van der Waals surface area contributed by atoms with Crippen LogP contribution in [0.1, 0.15) is 35.3 Å². The highest BCUT2D eigenvalue weighted by atomic mass is 16.2. The summed E-state index contributed by atoms with van der Waals surface area (Å²) in [5.74, 6) is -0.00625. The van der Waals surface area contributed by atoms with Gasteiger partial charge in [-0.1, -0.05) is 0 Å². The molecule has 1 atom stereocenters. The van der Waals surface area contributed by atoms with Gasteiger partial charge in [0.1, 0.15) is 5.56 Å². The molecule has 0 bridgehead atoms. The Bertz CT molecular complexity index is 636. The molecular weight excluding hydrogens is 254 g/mol. The molecule has 1 aliphatic heterocycles. The van der Waals surface area contributed by atoms with Crippen molar-refractivity contribution in [2.75, 3.05) is 13.1 Å². The van der Waals surface area contributed by atoms with E-state index in [4.69, 9.17) is 5.73 Å². The van der Waals surface area contributed by atoms with Gasteiger partial charge in [0.05, 0.1) is 6.20 Å². The van der Waals surface area contributed by atoms with E-state index < -0.39 is 0 Å². The standard InChI is InChI=1S/C14H19N5O/c1-10-5-7-19-13(17-10)12(9-16-19)14(20)18-6-3-2-4-11(18)8-15/h5,7,9,11H,2-4,6,8,15H2,1H3. The fraction of sp³-hybridized carbons (Fsp3) is 0.500. The van der Waals surface area contributed by atoms with Gasteiger partial charge in [0.2, 0.25) is 0 Å². The van der Waals surface area contributed by atoms with Gasteiger partial charge < -0.3 is 10.6 Å². The number of fused-ring (bicyclic) bond motifs is 1. The largest absolute Gasteiger partial charge is 0.334 e. The van der Waals surface area contributed by atoms with E-state index in [-0.39, 0.29) is 11.9 Å². The van der Waals surface area contributed by atoms with Crippen molar-refractivity contribution in [3.8, 4) is 0 Å². The third-order valence-corrected chi connectivity index (χ3v) is 3.90. The average molecular weight is 273 g/mol. The van der Waals surface area contributed by atoms with Crippen LogP contribution in [0.4, 0.5) is 0 Å². The van der Waals surface area contributed by atoms with Crippen LogP contribution in [0.2, 0.25) is 0 Å². The lowest BCUT2D eigenvalue weighted by molar-refractivity contribution is 0.0625. The van der Waals surface area contributed by atoms with Crippen LogP contribution in [0.15, 0.2) is 18.5 Å². The minimum atomic E-state index is -0.00625. The molecule has 0 spiro atoms. The summed E-state index contributed by atoms with van der Waals surface area (Å²) in [6.45, 7) is 3.19. The molecule has 0 saturated carbocycles. The Morgan fingerprint density at radius 1 is 1.50 bits per heavy atom. The zero-order valence-corrected chi connectivity index (χ0v) is 11.6. The van der Waals surface area contributed by atoms with Crippen molar-refractivity contribution in [3.05, 3.63) is 29.7 Å². The number of hydrogen-bond acceptors (Lipinski definition) is 4. The van der Waals surface area contributed by atoms with E-state index in [1.807, 2.05) is 24.1 Å². The zero-order valence-electron chi connectivity index (χ0n) is 11.6. The molecule has 0 aliphatic carbocycles. The number of rotatable bonds is 2. The zero-order chi connectivity index (χ0) is 14.1. The van der Waals surface area contributed by atoms with Crippen molar-refractivity contribution < 1.29 is 4.79 Å². The molecule has 1 aliphatic rings. The van der Waals surface area contributed by atoms with Crippen LogP contribution in [-0.2, 0) is 0 Å². The number of hydrogen-bond donors (Lipinski definition) is 1. The van der Waals surface area contributed by atoms with Gasteiger partial charge in [-0.15, -0.1) is 0 Å². The molecule has 1 unspecified atom stereocenters. The predicted octanol–water partition coefficient (Wildman–Crippen LogP) is 0.991. The summed E-state index contributed by atoms with van der Waals surface area (Å²) in [4.78, 5) is 19.0. The molecule has 1 amide bonds. The number of piperidine rings is 1. The highest BCUT2D eigenvalue weighted by molar-refractivity contribution is 5.99. The Morgan fingerprint density at radius 3 is 3.15 bits per heavy atom.